The van der Waals surface area contributed by atoms with Crippen LogP contribution in [-0.2, 0) is 22.3 Å². The number of carbonyl (C=O) groups is 2. The monoisotopic (exact) mass is 530 g/mol. The first-order valence-corrected chi connectivity index (χ1v) is 14.9. The third-order valence-corrected chi connectivity index (χ3v) is 11.4. The van der Waals surface area contributed by atoms with Crippen molar-refractivity contribution in [3.8, 4) is 0 Å². The van der Waals surface area contributed by atoms with Gasteiger partial charge in [-0.3, -0.25) is 9.48 Å². The minimum atomic E-state index is -1.86. The van der Waals surface area contributed by atoms with Crippen molar-refractivity contribution >= 4 is 36.2 Å². The highest BCUT2D eigenvalue weighted by molar-refractivity contribution is 9.10. The summed E-state index contributed by atoms with van der Waals surface area (Å²) in [6.07, 6.45) is 0.385. The second kappa shape index (κ2) is 9.85. The third-order valence-electron chi connectivity index (χ3n) is 6.03. The summed E-state index contributed by atoms with van der Waals surface area (Å²) in [5.41, 5.74) is 0.612. The molecular weight excluding hydrogens is 492 g/mol. The Morgan fingerprint density at radius 2 is 1.78 bits per heavy atom. The first kappa shape index (κ1) is 26.9. The number of nitrogens with zero attached hydrogens (tertiary/aromatic N) is 4. The van der Waals surface area contributed by atoms with E-state index in [1.165, 1.54) is 0 Å². The molecule has 2 amide bonds. The predicted octanol–water partition coefficient (Wildman–Crippen LogP) is 4.88. The molecular formula is C22H39BrN4O4Si. The van der Waals surface area contributed by atoms with Crippen molar-refractivity contribution < 1.29 is 18.8 Å². The van der Waals surface area contributed by atoms with Crippen LogP contribution in [-0.4, -0.2) is 72.2 Å². The number of hydrogen-bond donors (Lipinski definition) is 0. The number of aryl methyl sites for hydroxylation is 1. The summed E-state index contributed by atoms with van der Waals surface area (Å²) in [4.78, 5) is 29.0. The Balaban J connectivity index is 2.09. The van der Waals surface area contributed by atoms with Crippen molar-refractivity contribution in [1.29, 1.82) is 0 Å². The van der Waals surface area contributed by atoms with Gasteiger partial charge in [0.15, 0.2) is 14.0 Å². The zero-order valence-corrected chi connectivity index (χ0v) is 23.6. The van der Waals surface area contributed by atoms with Crippen molar-refractivity contribution in [2.75, 3.05) is 26.7 Å². The van der Waals surface area contributed by atoms with Crippen molar-refractivity contribution in [1.82, 2.24) is 19.6 Å². The number of aromatic nitrogens is 2. The van der Waals surface area contributed by atoms with Gasteiger partial charge in [-0.05, 0) is 61.3 Å². The molecule has 1 aliphatic heterocycles. The summed E-state index contributed by atoms with van der Waals surface area (Å²) in [5.74, 6) is -0.167. The first-order valence-electron chi connectivity index (χ1n) is 11.2. The minimum absolute atomic E-state index is 0.125. The van der Waals surface area contributed by atoms with Crippen molar-refractivity contribution in [2.24, 2.45) is 0 Å². The Kier molecular flexibility index (Phi) is 8.26. The summed E-state index contributed by atoms with van der Waals surface area (Å²) < 4.78 is 14.2. The highest BCUT2D eigenvalue weighted by atomic mass is 79.9. The van der Waals surface area contributed by atoms with Crippen LogP contribution in [0.15, 0.2) is 4.47 Å². The van der Waals surface area contributed by atoms with Gasteiger partial charge in [0.05, 0.1) is 23.3 Å². The molecule has 0 unspecified atom stereocenters. The van der Waals surface area contributed by atoms with Crippen LogP contribution in [0.5, 0.6) is 0 Å². The Hall–Kier alpha value is -1.39. The lowest BCUT2D eigenvalue weighted by molar-refractivity contribution is 0.0236. The summed E-state index contributed by atoms with van der Waals surface area (Å²) in [6.45, 7) is 19.1. The maximum Gasteiger partial charge on any atom is 0.410 e. The van der Waals surface area contributed by atoms with Crippen LogP contribution in [0.2, 0.25) is 18.1 Å². The van der Waals surface area contributed by atoms with E-state index in [1.807, 2.05) is 25.5 Å². The molecule has 0 bridgehead atoms. The van der Waals surface area contributed by atoms with E-state index in [9.17, 15) is 9.59 Å². The molecule has 0 radical (unpaired) electrons. The zero-order chi connectivity index (χ0) is 24.5. The van der Waals surface area contributed by atoms with Gasteiger partial charge >= 0.3 is 6.09 Å². The molecule has 0 atom stereocenters. The molecule has 0 saturated heterocycles. The number of amides is 2. The summed E-state index contributed by atoms with van der Waals surface area (Å²) in [7, 11) is -0.0972. The van der Waals surface area contributed by atoms with E-state index in [0.717, 1.165) is 12.1 Å². The maximum absolute atomic E-state index is 13.1. The number of ether oxygens (including phenoxy) is 1. The molecule has 0 spiro atoms. The molecule has 182 valence electrons. The Bertz CT molecular complexity index is 842. The highest BCUT2D eigenvalue weighted by Crippen LogP contribution is 2.36. The normalized spacial score (nSPS) is 15.2. The fraction of sp³-hybridized carbons (Fsp3) is 0.773. The van der Waals surface area contributed by atoms with E-state index in [1.54, 1.807) is 16.8 Å². The van der Waals surface area contributed by atoms with E-state index < -0.39 is 13.9 Å². The minimum Gasteiger partial charge on any atom is -0.444 e. The molecule has 0 saturated carbocycles. The molecule has 2 rings (SSSR count). The maximum atomic E-state index is 13.1. The van der Waals surface area contributed by atoms with E-state index in [0.29, 0.717) is 43.0 Å². The van der Waals surface area contributed by atoms with Crippen LogP contribution < -0.4 is 0 Å². The summed E-state index contributed by atoms with van der Waals surface area (Å²) >= 11 is 3.57. The number of hydrogen-bond acceptors (Lipinski definition) is 5. The number of rotatable bonds is 5. The van der Waals surface area contributed by atoms with Gasteiger partial charge < -0.3 is 19.0 Å². The molecule has 32 heavy (non-hydrogen) atoms. The lowest BCUT2D eigenvalue weighted by Gasteiger charge is -2.36. The van der Waals surface area contributed by atoms with Crippen LogP contribution >= 0.6 is 15.9 Å². The Morgan fingerprint density at radius 3 is 2.34 bits per heavy atom. The second-order valence-electron chi connectivity index (χ2n) is 10.9. The molecule has 1 aliphatic rings. The van der Waals surface area contributed by atoms with Crippen LogP contribution in [0.4, 0.5) is 4.79 Å². The number of likely N-dealkylation sites (N-methyl/N-ethyl adjacent to an activating group) is 1. The summed E-state index contributed by atoms with van der Waals surface area (Å²) in [6, 6.07) is 0. The molecule has 8 nitrogen and oxygen atoms in total. The smallest absolute Gasteiger partial charge is 0.410 e. The van der Waals surface area contributed by atoms with Gasteiger partial charge in [0, 0.05) is 26.7 Å². The molecule has 0 aliphatic carbocycles. The molecule has 1 aromatic heterocycles. The van der Waals surface area contributed by atoms with Crippen LogP contribution in [0.1, 0.15) is 64.1 Å². The van der Waals surface area contributed by atoms with Gasteiger partial charge in [0.1, 0.15) is 5.60 Å². The van der Waals surface area contributed by atoms with Gasteiger partial charge in [0.2, 0.25) is 0 Å². The van der Waals surface area contributed by atoms with Gasteiger partial charge in [-0.1, -0.05) is 20.8 Å². The number of carbonyl (C=O) groups excluding carboxylic acids is 2. The van der Waals surface area contributed by atoms with E-state index in [4.69, 9.17) is 9.16 Å². The molecule has 10 heteroatoms. The molecule has 0 fully saturated rings. The third kappa shape index (κ3) is 6.57. The molecule has 1 aromatic rings. The average Bonchev–Trinajstić information content (AvgIpc) is 2.81. The Morgan fingerprint density at radius 1 is 1.16 bits per heavy atom. The van der Waals surface area contributed by atoms with Gasteiger partial charge in [-0.25, -0.2) is 4.79 Å². The van der Waals surface area contributed by atoms with Crippen molar-refractivity contribution in [2.45, 2.75) is 84.8 Å². The average molecular weight is 532 g/mol. The predicted molar refractivity (Wildman–Crippen MR) is 131 cm³/mol. The zero-order valence-electron chi connectivity index (χ0n) is 21.0. The van der Waals surface area contributed by atoms with Crippen LogP contribution in [0.25, 0.3) is 0 Å². The standard InChI is InChI=1S/C22H39BrN4O4Si/c1-21(2,3)31-20(29)26-11-10-12-27-16(15-26)17(23)18(24-27)19(28)25(7)13-14-30-32(8,9)22(4,5)6/h10-15H2,1-9H3. The molecule has 0 N–H and O–H groups in total. The topological polar surface area (TPSA) is 76.9 Å². The fourth-order valence-corrected chi connectivity index (χ4v) is 4.65. The van der Waals surface area contributed by atoms with Crippen molar-refractivity contribution in [3.05, 3.63) is 15.9 Å². The number of halogens is 1. The van der Waals surface area contributed by atoms with Gasteiger partial charge in [-0.2, -0.15) is 5.10 Å². The Labute approximate surface area is 201 Å². The largest absolute Gasteiger partial charge is 0.444 e. The lowest BCUT2D eigenvalue weighted by atomic mass is 10.2. The van der Waals surface area contributed by atoms with E-state index in [2.05, 4.69) is 54.9 Å². The first-order chi connectivity index (χ1) is 14.5. The molecule has 2 heterocycles. The second-order valence-corrected chi connectivity index (χ2v) is 16.5. The SMILES string of the molecule is CN(CCO[Si](C)(C)C(C)(C)C)C(=O)c1nn2c(c1Br)CN(C(=O)OC(C)(C)C)CCC2. The molecule has 0 aromatic carbocycles. The lowest BCUT2D eigenvalue weighted by Crippen LogP contribution is -2.43. The van der Waals surface area contributed by atoms with Gasteiger partial charge in [-0.15, -0.1) is 0 Å². The fourth-order valence-electron chi connectivity index (χ4n) is 3.04. The summed E-state index contributed by atoms with van der Waals surface area (Å²) in [5, 5.41) is 4.69. The van der Waals surface area contributed by atoms with E-state index in [-0.39, 0.29) is 17.0 Å². The highest BCUT2D eigenvalue weighted by Gasteiger charge is 2.37. The van der Waals surface area contributed by atoms with Gasteiger partial charge in [0.25, 0.3) is 5.91 Å². The van der Waals surface area contributed by atoms with E-state index >= 15 is 0 Å². The number of fused-ring (bicyclic) bond motifs is 1. The van der Waals surface area contributed by atoms with Crippen molar-refractivity contribution in [3.63, 3.8) is 0 Å². The quantitative estimate of drug-likeness (QED) is 0.507. The van der Waals surface area contributed by atoms with Crippen LogP contribution in [0.3, 0.4) is 0 Å². The van der Waals surface area contributed by atoms with Crippen LogP contribution in [0, 0.1) is 0 Å².